The zero-order chi connectivity index (χ0) is 10.4. The van der Waals surface area contributed by atoms with E-state index < -0.39 is 12.4 Å². The molecule has 0 heterocycles. The van der Waals surface area contributed by atoms with Crippen molar-refractivity contribution in [2.24, 2.45) is 11.8 Å². The molecule has 0 amide bonds. The SMILES string of the molecule is C=C[C@@H](CO)[C@@H](C)[C@@H](O)[C@@H](O)OC. The van der Waals surface area contributed by atoms with Gasteiger partial charge in [-0.1, -0.05) is 13.0 Å². The fraction of sp³-hybridized carbons (Fsp3) is 0.778. The summed E-state index contributed by atoms with van der Waals surface area (Å²) >= 11 is 0. The summed E-state index contributed by atoms with van der Waals surface area (Å²) in [7, 11) is 1.31. The van der Waals surface area contributed by atoms with Crippen molar-refractivity contribution in [1.82, 2.24) is 0 Å². The minimum Gasteiger partial charge on any atom is -0.396 e. The summed E-state index contributed by atoms with van der Waals surface area (Å²) in [4.78, 5) is 0. The van der Waals surface area contributed by atoms with Crippen molar-refractivity contribution >= 4 is 0 Å². The summed E-state index contributed by atoms with van der Waals surface area (Å²) in [5, 5.41) is 27.5. The van der Waals surface area contributed by atoms with Crippen LogP contribution in [0.4, 0.5) is 0 Å². The van der Waals surface area contributed by atoms with E-state index >= 15 is 0 Å². The van der Waals surface area contributed by atoms with Gasteiger partial charge < -0.3 is 20.1 Å². The van der Waals surface area contributed by atoms with Crippen molar-refractivity contribution in [3.63, 3.8) is 0 Å². The molecule has 0 rings (SSSR count). The molecule has 4 nitrogen and oxygen atoms in total. The third-order valence-electron chi connectivity index (χ3n) is 2.26. The molecule has 0 aliphatic carbocycles. The van der Waals surface area contributed by atoms with Crippen molar-refractivity contribution in [2.45, 2.75) is 19.3 Å². The maximum atomic E-state index is 9.48. The Morgan fingerprint density at radius 1 is 1.46 bits per heavy atom. The van der Waals surface area contributed by atoms with E-state index in [0.717, 1.165) is 0 Å². The highest BCUT2D eigenvalue weighted by Crippen LogP contribution is 2.18. The van der Waals surface area contributed by atoms with Crippen LogP contribution in [0.2, 0.25) is 0 Å². The van der Waals surface area contributed by atoms with Crippen LogP contribution in [0, 0.1) is 11.8 Å². The first-order chi connectivity index (χ1) is 6.08. The number of methoxy groups -OCH3 is 1. The molecule has 0 bridgehead atoms. The Labute approximate surface area is 78.5 Å². The average molecular weight is 190 g/mol. The Hall–Kier alpha value is -0.420. The molecule has 0 aliphatic rings. The Kier molecular flexibility index (Phi) is 5.90. The van der Waals surface area contributed by atoms with Gasteiger partial charge in [0.25, 0.3) is 0 Å². The molecular formula is C9H18O4. The van der Waals surface area contributed by atoms with Crippen LogP contribution in [-0.4, -0.2) is 41.4 Å². The van der Waals surface area contributed by atoms with Gasteiger partial charge in [0.2, 0.25) is 0 Å². The summed E-state index contributed by atoms with van der Waals surface area (Å²) in [5.41, 5.74) is 0. The molecular weight excluding hydrogens is 172 g/mol. The van der Waals surface area contributed by atoms with E-state index in [-0.39, 0.29) is 18.4 Å². The molecule has 0 radical (unpaired) electrons. The predicted molar refractivity (Wildman–Crippen MR) is 49.0 cm³/mol. The van der Waals surface area contributed by atoms with Crippen molar-refractivity contribution in [1.29, 1.82) is 0 Å². The van der Waals surface area contributed by atoms with E-state index in [4.69, 9.17) is 10.2 Å². The quantitative estimate of drug-likeness (QED) is 0.399. The first kappa shape index (κ1) is 12.6. The lowest BCUT2D eigenvalue weighted by Gasteiger charge is -2.26. The third kappa shape index (κ3) is 3.44. The zero-order valence-electron chi connectivity index (χ0n) is 8.05. The molecule has 0 aromatic heterocycles. The lowest BCUT2D eigenvalue weighted by Crippen LogP contribution is -2.37. The first-order valence-electron chi connectivity index (χ1n) is 4.20. The van der Waals surface area contributed by atoms with Gasteiger partial charge in [0.05, 0.1) is 0 Å². The third-order valence-corrected chi connectivity index (χ3v) is 2.26. The minimum atomic E-state index is -1.22. The summed E-state index contributed by atoms with van der Waals surface area (Å²) in [6.07, 6.45) is -0.680. The Morgan fingerprint density at radius 2 is 2.00 bits per heavy atom. The van der Waals surface area contributed by atoms with Crippen LogP contribution in [0.25, 0.3) is 0 Å². The Morgan fingerprint density at radius 3 is 2.31 bits per heavy atom. The highest BCUT2D eigenvalue weighted by Gasteiger charge is 2.27. The number of hydrogen-bond donors (Lipinski definition) is 3. The van der Waals surface area contributed by atoms with Crippen LogP contribution < -0.4 is 0 Å². The molecule has 0 fully saturated rings. The maximum Gasteiger partial charge on any atom is 0.180 e. The van der Waals surface area contributed by atoms with Crippen LogP contribution in [0.3, 0.4) is 0 Å². The van der Waals surface area contributed by atoms with Gasteiger partial charge >= 0.3 is 0 Å². The van der Waals surface area contributed by atoms with Gasteiger partial charge in [-0.05, 0) is 5.92 Å². The smallest absolute Gasteiger partial charge is 0.180 e. The molecule has 0 aliphatic heterocycles. The second-order valence-electron chi connectivity index (χ2n) is 3.06. The molecule has 13 heavy (non-hydrogen) atoms. The number of rotatable bonds is 6. The van der Waals surface area contributed by atoms with E-state index in [0.29, 0.717) is 0 Å². The normalized spacial score (nSPS) is 20.4. The molecule has 0 unspecified atom stereocenters. The van der Waals surface area contributed by atoms with Crippen molar-refractivity contribution in [2.75, 3.05) is 13.7 Å². The monoisotopic (exact) mass is 190 g/mol. The van der Waals surface area contributed by atoms with E-state index in [1.165, 1.54) is 7.11 Å². The lowest BCUT2D eigenvalue weighted by atomic mass is 9.89. The second-order valence-corrected chi connectivity index (χ2v) is 3.06. The fourth-order valence-corrected chi connectivity index (χ4v) is 1.11. The fourth-order valence-electron chi connectivity index (χ4n) is 1.11. The van der Waals surface area contributed by atoms with Crippen molar-refractivity contribution < 1.29 is 20.1 Å². The molecule has 4 heteroatoms. The molecule has 3 N–H and O–H groups in total. The number of ether oxygens (including phenoxy) is 1. The van der Waals surface area contributed by atoms with Crippen molar-refractivity contribution in [3.05, 3.63) is 12.7 Å². The number of hydrogen-bond acceptors (Lipinski definition) is 4. The predicted octanol–water partition coefficient (Wildman–Crippen LogP) is -0.257. The van der Waals surface area contributed by atoms with Gasteiger partial charge in [0.15, 0.2) is 6.29 Å². The molecule has 0 saturated carbocycles. The lowest BCUT2D eigenvalue weighted by molar-refractivity contribution is -0.163. The largest absolute Gasteiger partial charge is 0.396 e. The van der Waals surface area contributed by atoms with Crippen LogP contribution in [0.1, 0.15) is 6.92 Å². The van der Waals surface area contributed by atoms with Gasteiger partial charge in [0.1, 0.15) is 6.10 Å². The van der Waals surface area contributed by atoms with Crippen LogP contribution >= 0.6 is 0 Å². The molecule has 4 atom stereocenters. The van der Waals surface area contributed by atoms with Gasteiger partial charge in [-0.25, -0.2) is 0 Å². The van der Waals surface area contributed by atoms with E-state index in [9.17, 15) is 5.11 Å². The van der Waals surface area contributed by atoms with Gasteiger partial charge in [-0.3, -0.25) is 0 Å². The molecule has 0 aromatic carbocycles. The minimum absolute atomic E-state index is 0.0990. The van der Waals surface area contributed by atoms with E-state index in [2.05, 4.69) is 11.3 Å². The standard InChI is InChI=1S/C9H18O4/c1-4-7(5-10)6(2)8(11)9(12)13-3/h4,6-12H,1,5H2,2-3H3/t6-,7+,8-,9+/m1/s1. The van der Waals surface area contributed by atoms with Gasteiger partial charge in [0, 0.05) is 19.6 Å². The van der Waals surface area contributed by atoms with Crippen LogP contribution in [0.15, 0.2) is 12.7 Å². The number of aliphatic hydroxyl groups excluding tert-OH is 3. The summed E-state index contributed by atoms with van der Waals surface area (Å²) in [5.74, 6) is -0.530. The van der Waals surface area contributed by atoms with Gasteiger partial charge in [-0.15, -0.1) is 6.58 Å². The highest BCUT2D eigenvalue weighted by atomic mass is 16.6. The second kappa shape index (κ2) is 6.10. The molecule has 78 valence electrons. The average Bonchev–Trinajstić information content (AvgIpc) is 2.17. The van der Waals surface area contributed by atoms with Crippen LogP contribution in [0.5, 0.6) is 0 Å². The Bertz CT molecular complexity index is 149. The van der Waals surface area contributed by atoms with E-state index in [1.807, 2.05) is 0 Å². The summed E-state index contributed by atoms with van der Waals surface area (Å²) in [6.45, 7) is 5.15. The highest BCUT2D eigenvalue weighted by molar-refractivity contribution is 4.86. The van der Waals surface area contributed by atoms with Crippen LogP contribution in [-0.2, 0) is 4.74 Å². The molecule has 0 aromatic rings. The topological polar surface area (TPSA) is 69.9 Å². The number of aliphatic hydroxyl groups is 3. The summed E-state index contributed by atoms with van der Waals surface area (Å²) in [6, 6.07) is 0. The van der Waals surface area contributed by atoms with E-state index in [1.54, 1.807) is 13.0 Å². The summed E-state index contributed by atoms with van der Waals surface area (Å²) < 4.78 is 4.56. The van der Waals surface area contributed by atoms with Crippen molar-refractivity contribution in [3.8, 4) is 0 Å². The zero-order valence-corrected chi connectivity index (χ0v) is 8.05. The molecule has 0 saturated heterocycles. The Balaban J connectivity index is 4.21. The maximum absolute atomic E-state index is 9.48. The molecule has 0 spiro atoms. The van der Waals surface area contributed by atoms with Gasteiger partial charge in [-0.2, -0.15) is 0 Å². The first-order valence-corrected chi connectivity index (χ1v) is 4.20.